The number of halogens is 1. The Kier molecular flexibility index (Phi) is 3.73. The minimum absolute atomic E-state index is 0.0641. The van der Waals surface area contributed by atoms with Gasteiger partial charge in [-0.3, -0.25) is 0 Å². The fraction of sp³-hybridized carbons (Fsp3) is 0.385. The molecule has 0 unspecified atom stereocenters. The second-order valence-electron chi connectivity index (χ2n) is 5.06. The van der Waals surface area contributed by atoms with E-state index in [1.54, 1.807) is 11.3 Å². The van der Waals surface area contributed by atoms with Crippen LogP contribution in [0.3, 0.4) is 0 Å². The highest BCUT2D eigenvalue weighted by Gasteiger charge is 2.20. The van der Waals surface area contributed by atoms with Gasteiger partial charge in [0.1, 0.15) is 11.6 Å². The maximum absolute atomic E-state index is 4.69. The highest BCUT2D eigenvalue weighted by Crippen LogP contribution is 2.34. The van der Waals surface area contributed by atoms with Crippen LogP contribution in [-0.2, 0) is 5.41 Å². The summed E-state index contributed by atoms with van der Waals surface area (Å²) in [6.45, 7) is 6.36. The van der Waals surface area contributed by atoms with E-state index in [1.165, 1.54) is 0 Å². The first-order valence-electron chi connectivity index (χ1n) is 5.72. The van der Waals surface area contributed by atoms with Crippen molar-refractivity contribution in [1.29, 1.82) is 0 Å². The Labute approximate surface area is 120 Å². The molecule has 18 heavy (non-hydrogen) atoms. The van der Waals surface area contributed by atoms with Crippen LogP contribution >= 0.6 is 27.3 Å². The summed E-state index contributed by atoms with van der Waals surface area (Å²) in [4.78, 5) is 10.4. The number of hydrogen-bond donors (Lipinski definition) is 1. The topological polar surface area (TPSA) is 37.8 Å². The van der Waals surface area contributed by atoms with E-state index in [2.05, 4.69) is 57.4 Å². The van der Waals surface area contributed by atoms with Crippen molar-refractivity contribution in [3.63, 3.8) is 0 Å². The van der Waals surface area contributed by atoms with E-state index < -0.39 is 0 Å². The molecular formula is C13H16BrN3S. The molecule has 3 nitrogen and oxygen atoms in total. The molecule has 96 valence electrons. The van der Waals surface area contributed by atoms with Crippen molar-refractivity contribution in [2.75, 3.05) is 12.4 Å². The summed E-state index contributed by atoms with van der Waals surface area (Å²) >= 11 is 5.23. The molecule has 0 aliphatic rings. The highest BCUT2D eigenvalue weighted by atomic mass is 79.9. The lowest BCUT2D eigenvalue weighted by Crippen LogP contribution is -2.17. The lowest BCUT2D eigenvalue weighted by Gasteiger charge is -2.18. The molecule has 0 fully saturated rings. The summed E-state index contributed by atoms with van der Waals surface area (Å²) in [5.41, 5.74) is 0.895. The van der Waals surface area contributed by atoms with Gasteiger partial charge in [0.05, 0.1) is 10.6 Å². The SMILES string of the molecule is CNc1cc(-c2sccc2Br)nc(C(C)(C)C)n1. The fourth-order valence-electron chi connectivity index (χ4n) is 1.50. The Morgan fingerprint density at radius 1 is 1.28 bits per heavy atom. The van der Waals surface area contributed by atoms with Crippen molar-refractivity contribution in [3.8, 4) is 10.6 Å². The average Bonchev–Trinajstić information content (AvgIpc) is 2.73. The van der Waals surface area contributed by atoms with Gasteiger partial charge in [0, 0.05) is 23.0 Å². The van der Waals surface area contributed by atoms with Gasteiger partial charge in [0.25, 0.3) is 0 Å². The molecule has 0 bridgehead atoms. The Morgan fingerprint density at radius 2 is 2.00 bits per heavy atom. The zero-order chi connectivity index (χ0) is 13.3. The van der Waals surface area contributed by atoms with Crippen molar-refractivity contribution in [3.05, 3.63) is 27.8 Å². The number of nitrogens with zero attached hydrogens (tertiary/aromatic N) is 2. The van der Waals surface area contributed by atoms with Gasteiger partial charge in [0.15, 0.2) is 0 Å². The van der Waals surface area contributed by atoms with Gasteiger partial charge in [-0.1, -0.05) is 20.8 Å². The molecule has 0 amide bonds. The molecule has 0 atom stereocenters. The monoisotopic (exact) mass is 325 g/mol. The molecule has 0 saturated carbocycles. The first-order chi connectivity index (χ1) is 8.41. The Hall–Kier alpha value is -0.940. The van der Waals surface area contributed by atoms with E-state index in [9.17, 15) is 0 Å². The second-order valence-corrected chi connectivity index (χ2v) is 6.83. The maximum Gasteiger partial charge on any atom is 0.136 e. The maximum atomic E-state index is 4.69. The number of nitrogens with one attached hydrogen (secondary N) is 1. The summed E-state index contributed by atoms with van der Waals surface area (Å²) in [5.74, 6) is 1.70. The molecule has 2 aromatic rings. The van der Waals surface area contributed by atoms with E-state index >= 15 is 0 Å². The number of hydrogen-bond acceptors (Lipinski definition) is 4. The first-order valence-corrected chi connectivity index (χ1v) is 7.40. The van der Waals surface area contributed by atoms with Crippen molar-refractivity contribution >= 4 is 33.1 Å². The van der Waals surface area contributed by atoms with E-state index in [1.807, 2.05) is 19.2 Å². The third-order valence-electron chi connectivity index (χ3n) is 2.50. The molecule has 0 spiro atoms. The highest BCUT2D eigenvalue weighted by molar-refractivity contribution is 9.10. The summed E-state index contributed by atoms with van der Waals surface area (Å²) in [6, 6.07) is 4.02. The molecule has 2 aromatic heterocycles. The van der Waals surface area contributed by atoms with Gasteiger partial charge in [-0.15, -0.1) is 11.3 Å². The van der Waals surface area contributed by atoms with Gasteiger partial charge >= 0.3 is 0 Å². The minimum atomic E-state index is -0.0641. The third kappa shape index (κ3) is 2.72. The van der Waals surface area contributed by atoms with Crippen molar-refractivity contribution < 1.29 is 0 Å². The van der Waals surface area contributed by atoms with E-state index in [0.717, 1.165) is 26.7 Å². The molecule has 1 N–H and O–H groups in total. The number of anilines is 1. The zero-order valence-corrected chi connectivity index (χ0v) is 13.3. The molecule has 5 heteroatoms. The average molecular weight is 326 g/mol. The van der Waals surface area contributed by atoms with Crippen LogP contribution in [0.25, 0.3) is 10.6 Å². The Morgan fingerprint density at radius 3 is 2.50 bits per heavy atom. The number of rotatable bonds is 2. The van der Waals surface area contributed by atoms with Crippen LogP contribution in [0.2, 0.25) is 0 Å². The normalized spacial score (nSPS) is 11.6. The van der Waals surface area contributed by atoms with Crippen molar-refractivity contribution in [2.24, 2.45) is 0 Å². The largest absolute Gasteiger partial charge is 0.373 e. The smallest absolute Gasteiger partial charge is 0.136 e. The predicted octanol–water partition coefficient (Wildman–Crippen LogP) is 4.31. The van der Waals surface area contributed by atoms with Gasteiger partial charge in [0.2, 0.25) is 0 Å². The van der Waals surface area contributed by atoms with Crippen molar-refractivity contribution in [2.45, 2.75) is 26.2 Å². The van der Waals surface area contributed by atoms with E-state index in [4.69, 9.17) is 0 Å². The quantitative estimate of drug-likeness (QED) is 0.894. The first kappa shape index (κ1) is 13.5. The van der Waals surface area contributed by atoms with Crippen LogP contribution < -0.4 is 5.32 Å². The van der Waals surface area contributed by atoms with Gasteiger partial charge < -0.3 is 5.32 Å². The lowest BCUT2D eigenvalue weighted by molar-refractivity contribution is 0.547. The summed E-state index contributed by atoms with van der Waals surface area (Å²) in [5, 5.41) is 5.15. The standard InChI is InChI=1S/C13H16BrN3S/c1-13(2,3)12-16-9(7-10(15-4)17-12)11-8(14)5-6-18-11/h5-7H,1-4H3,(H,15,16,17). The van der Waals surface area contributed by atoms with Crippen LogP contribution in [-0.4, -0.2) is 17.0 Å². The van der Waals surface area contributed by atoms with Crippen LogP contribution in [0.1, 0.15) is 26.6 Å². The lowest BCUT2D eigenvalue weighted by atomic mass is 9.95. The van der Waals surface area contributed by atoms with E-state index in [0.29, 0.717) is 0 Å². The van der Waals surface area contributed by atoms with Crippen LogP contribution in [0.5, 0.6) is 0 Å². The molecule has 0 aliphatic heterocycles. The fourth-order valence-corrected chi connectivity index (χ4v) is 3.04. The molecule has 0 radical (unpaired) electrons. The molecule has 2 heterocycles. The Balaban J connectivity index is 2.58. The summed E-state index contributed by atoms with van der Waals surface area (Å²) < 4.78 is 1.08. The van der Waals surface area contributed by atoms with Crippen LogP contribution in [0.4, 0.5) is 5.82 Å². The second kappa shape index (κ2) is 4.97. The van der Waals surface area contributed by atoms with E-state index in [-0.39, 0.29) is 5.41 Å². The summed E-state index contributed by atoms with van der Waals surface area (Å²) in [7, 11) is 1.88. The summed E-state index contributed by atoms with van der Waals surface area (Å²) in [6.07, 6.45) is 0. The van der Waals surface area contributed by atoms with Crippen LogP contribution in [0.15, 0.2) is 22.0 Å². The van der Waals surface area contributed by atoms with Gasteiger partial charge in [-0.2, -0.15) is 0 Å². The molecule has 2 rings (SSSR count). The zero-order valence-electron chi connectivity index (χ0n) is 10.9. The van der Waals surface area contributed by atoms with Crippen molar-refractivity contribution in [1.82, 2.24) is 9.97 Å². The molecular weight excluding hydrogens is 310 g/mol. The predicted molar refractivity (Wildman–Crippen MR) is 81.3 cm³/mol. The number of thiophene rings is 1. The van der Waals surface area contributed by atoms with Crippen LogP contribution in [0, 0.1) is 0 Å². The van der Waals surface area contributed by atoms with Gasteiger partial charge in [-0.25, -0.2) is 9.97 Å². The number of aromatic nitrogens is 2. The molecule has 0 aromatic carbocycles. The molecule has 0 aliphatic carbocycles. The Bertz CT molecular complexity index is 558. The molecule has 0 saturated heterocycles. The minimum Gasteiger partial charge on any atom is -0.373 e. The third-order valence-corrected chi connectivity index (χ3v) is 4.36. The van der Waals surface area contributed by atoms with Gasteiger partial charge in [-0.05, 0) is 27.4 Å².